The van der Waals surface area contributed by atoms with E-state index in [9.17, 15) is 19.2 Å². The Bertz CT molecular complexity index is 529. The Hall–Kier alpha value is -2.06. The summed E-state index contributed by atoms with van der Waals surface area (Å²) in [4.78, 5) is 47.0. The number of Topliss-reactive ketones (excluding diaryl/α,β-unsaturated/α-hetero) is 1. The van der Waals surface area contributed by atoms with Crippen LogP contribution in [0.4, 0.5) is 0 Å². The van der Waals surface area contributed by atoms with Gasteiger partial charge in [0.2, 0.25) is 5.91 Å². The minimum Gasteiger partial charge on any atom is -0.379 e. The molecule has 1 aliphatic heterocycles. The van der Waals surface area contributed by atoms with Gasteiger partial charge in [-0.2, -0.15) is 0 Å². The van der Waals surface area contributed by atoms with Crippen LogP contribution in [0.25, 0.3) is 0 Å². The molecular formula is C17H26N2O6. The second-order valence-corrected chi connectivity index (χ2v) is 5.66. The van der Waals surface area contributed by atoms with Crippen molar-refractivity contribution in [3.05, 3.63) is 11.6 Å². The SMILES string of the molecule is CNC(=O)CCOCCOCCCC(=O)CCN1C(=O)C=C(C)C1=O. The first-order chi connectivity index (χ1) is 12.0. The molecule has 0 saturated heterocycles. The van der Waals surface area contributed by atoms with E-state index in [-0.39, 0.29) is 36.5 Å². The molecule has 0 radical (unpaired) electrons. The molecule has 0 aromatic heterocycles. The summed E-state index contributed by atoms with van der Waals surface area (Å²) in [7, 11) is 1.57. The molecule has 0 saturated carbocycles. The average molecular weight is 354 g/mol. The lowest BCUT2D eigenvalue weighted by molar-refractivity contribution is -0.137. The van der Waals surface area contributed by atoms with Crippen molar-refractivity contribution in [2.75, 3.05) is 40.0 Å². The van der Waals surface area contributed by atoms with Gasteiger partial charge >= 0.3 is 0 Å². The second kappa shape index (κ2) is 11.5. The molecule has 0 bridgehead atoms. The van der Waals surface area contributed by atoms with Crippen LogP contribution in [0.3, 0.4) is 0 Å². The highest BCUT2D eigenvalue weighted by Crippen LogP contribution is 2.12. The third-order valence-electron chi connectivity index (χ3n) is 3.67. The molecule has 1 heterocycles. The summed E-state index contributed by atoms with van der Waals surface area (Å²) < 4.78 is 10.6. The number of hydrogen-bond donors (Lipinski definition) is 1. The number of carbonyl (C=O) groups excluding carboxylic acids is 4. The van der Waals surface area contributed by atoms with Gasteiger partial charge in [-0.1, -0.05) is 0 Å². The third-order valence-corrected chi connectivity index (χ3v) is 3.67. The minimum atomic E-state index is -0.352. The smallest absolute Gasteiger partial charge is 0.256 e. The second-order valence-electron chi connectivity index (χ2n) is 5.66. The van der Waals surface area contributed by atoms with E-state index >= 15 is 0 Å². The molecule has 25 heavy (non-hydrogen) atoms. The first-order valence-electron chi connectivity index (χ1n) is 8.37. The van der Waals surface area contributed by atoms with Gasteiger partial charge in [0, 0.05) is 51.1 Å². The number of ketones is 1. The average Bonchev–Trinajstić information content (AvgIpc) is 2.83. The number of nitrogens with zero attached hydrogens (tertiary/aromatic N) is 1. The largest absolute Gasteiger partial charge is 0.379 e. The van der Waals surface area contributed by atoms with E-state index in [4.69, 9.17) is 9.47 Å². The van der Waals surface area contributed by atoms with Crippen molar-refractivity contribution in [3.8, 4) is 0 Å². The molecule has 1 N–H and O–H groups in total. The first-order valence-corrected chi connectivity index (χ1v) is 8.37. The quantitative estimate of drug-likeness (QED) is 0.375. The van der Waals surface area contributed by atoms with Crippen molar-refractivity contribution in [1.29, 1.82) is 0 Å². The Kier molecular flexibility index (Phi) is 9.64. The van der Waals surface area contributed by atoms with Crippen LogP contribution in [0.2, 0.25) is 0 Å². The van der Waals surface area contributed by atoms with E-state index in [1.54, 1.807) is 14.0 Å². The molecule has 1 rings (SSSR count). The molecular weight excluding hydrogens is 328 g/mol. The monoisotopic (exact) mass is 354 g/mol. The van der Waals surface area contributed by atoms with Crippen LogP contribution < -0.4 is 5.32 Å². The summed E-state index contributed by atoms with van der Waals surface area (Å²) in [6.07, 6.45) is 2.71. The summed E-state index contributed by atoms with van der Waals surface area (Å²) in [5.41, 5.74) is 0.406. The number of hydrogen-bond acceptors (Lipinski definition) is 6. The van der Waals surface area contributed by atoms with Crippen molar-refractivity contribution < 1.29 is 28.7 Å². The molecule has 0 atom stereocenters. The molecule has 1 aliphatic rings. The van der Waals surface area contributed by atoms with Crippen LogP contribution in [0, 0.1) is 0 Å². The van der Waals surface area contributed by atoms with E-state index in [0.29, 0.717) is 51.3 Å². The molecule has 0 unspecified atom stereocenters. The van der Waals surface area contributed by atoms with Crippen LogP contribution >= 0.6 is 0 Å². The molecule has 0 aromatic carbocycles. The van der Waals surface area contributed by atoms with Crippen LogP contribution in [0.5, 0.6) is 0 Å². The highest BCUT2D eigenvalue weighted by Gasteiger charge is 2.28. The molecule has 0 aliphatic carbocycles. The zero-order valence-corrected chi connectivity index (χ0v) is 14.8. The maximum atomic E-state index is 11.8. The maximum Gasteiger partial charge on any atom is 0.256 e. The van der Waals surface area contributed by atoms with E-state index < -0.39 is 0 Å². The van der Waals surface area contributed by atoms with Crippen LogP contribution in [0.15, 0.2) is 11.6 Å². The van der Waals surface area contributed by atoms with Gasteiger partial charge in [-0.05, 0) is 13.3 Å². The molecule has 0 aromatic rings. The lowest BCUT2D eigenvalue weighted by Gasteiger charge is -2.13. The normalized spacial score (nSPS) is 14.0. The van der Waals surface area contributed by atoms with Gasteiger partial charge in [-0.15, -0.1) is 0 Å². The van der Waals surface area contributed by atoms with Crippen molar-refractivity contribution in [3.63, 3.8) is 0 Å². The highest BCUT2D eigenvalue weighted by atomic mass is 16.5. The third kappa shape index (κ3) is 8.04. The number of carbonyl (C=O) groups is 4. The number of amides is 3. The standard InChI is InChI=1S/C17H26N2O6/c1-13-12-16(22)19(17(13)23)7-5-14(20)4-3-8-24-10-11-25-9-6-15(21)18-2/h12H,3-11H2,1-2H3,(H,18,21). The summed E-state index contributed by atoms with van der Waals surface area (Å²) >= 11 is 0. The number of rotatable bonds is 13. The zero-order chi connectivity index (χ0) is 18.7. The van der Waals surface area contributed by atoms with Crippen LogP contribution in [0.1, 0.15) is 32.6 Å². The zero-order valence-electron chi connectivity index (χ0n) is 14.8. The predicted molar refractivity (Wildman–Crippen MR) is 89.7 cm³/mol. The number of ether oxygens (including phenoxy) is 2. The van der Waals surface area contributed by atoms with Gasteiger partial charge in [0.05, 0.1) is 19.8 Å². The summed E-state index contributed by atoms with van der Waals surface area (Å²) in [5, 5.41) is 2.50. The molecule has 3 amide bonds. The van der Waals surface area contributed by atoms with E-state index in [2.05, 4.69) is 5.32 Å². The van der Waals surface area contributed by atoms with Crippen LogP contribution in [-0.4, -0.2) is 68.4 Å². The van der Waals surface area contributed by atoms with Crippen molar-refractivity contribution in [2.45, 2.75) is 32.6 Å². The molecule has 140 valence electrons. The molecule has 0 spiro atoms. The van der Waals surface area contributed by atoms with Gasteiger partial charge in [0.15, 0.2) is 0 Å². The maximum absolute atomic E-state index is 11.8. The first kappa shape index (κ1) is 21.0. The Balaban J connectivity index is 1.97. The number of imide groups is 1. The Morgan fingerprint density at radius 3 is 2.32 bits per heavy atom. The fraction of sp³-hybridized carbons (Fsp3) is 0.647. The summed E-state index contributed by atoms with van der Waals surface area (Å²) in [6.45, 7) is 3.31. The number of nitrogens with one attached hydrogen (secondary N) is 1. The van der Waals surface area contributed by atoms with Gasteiger partial charge in [0.25, 0.3) is 11.8 Å². The summed E-state index contributed by atoms with van der Waals surface area (Å²) in [6, 6.07) is 0. The Morgan fingerprint density at radius 2 is 1.72 bits per heavy atom. The predicted octanol–water partition coefficient (Wildman–Crippen LogP) is 0.210. The molecule has 8 nitrogen and oxygen atoms in total. The lowest BCUT2D eigenvalue weighted by Crippen LogP contribution is -2.32. The molecule has 8 heteroatoms. The van der Waals surface area contributed by atoms with Crippen molar-refractivity contribution in [1.82, 2.24) is 10.2 Å². The van der Waals surface area contributed by atoms with Gasteiger partial charge in [-0.3, -0.25) is 24.1 Å². The topological polar surface area (TPSA) is 102 Å². The van der Waals surface area contributed by atoms with Gasteiger partial charge in [-0.25, -0.2) is 0 Å². The van der Waals surface area contributed by atoms with E-state index in [0.717, 1.165) is 4.90 Å². The molecule has 0 fully saturated rings. The minimum absolute atomic E-state index is 0.00409. The van der Waals surface area contributed by atoms with Gasteiger partial charge in [0.1, 0.15) is 5.78 Å². The van der Waals surface area contributed by atoms with E-state index in [1.807, 2.05) is 0 Å². The fourth-order valence-electron chi connectivity index (χ4n) is 2.19. The Morgan fingerprint density at radius 1 is 1.04 bits per heavy atom. The lowest BCUT2D eigenvalue weighted by atomic mass is 10.1. The van der Waals surface area contributed by atoms with Crippen molar-refractivity contribution in [2.24, 2.45) is 0 Å². The highest BCUT2D eigenvalue weighted by molar-refractivity contribution is 6.16. The Labute approximate surface area is 147 Å². The van der Waals surface area contributed by atoms with Crippen LogP contribution in [-0.2, 0) is 28.7 Å². The van der Waals surface area contributed by atoms with E-state index in [1.165, 1.54) is 6.08 Å². The van der Waals surface area contributed by atoms with Gasteiger partial charge < -0.3 is 14.8 Å². The fourth-order valence-corrected chi connectivity index (χ4v) is 2.19. The summed E-state index contributed by atoms with van der Waals surface area (Å²) in [5.74, 6) is -0.745. The van der Waals surface area contributed by atoms with Crippen molar-refractivity contribution >= 4 is 23.5 Å².